The predicted molar refractivity (Wildman–Crippen MR) is 61.2 cm³/mol. The molecule has 0 aliphatic heterocycles. The minimum atomic E-state index is 0.351. The van der Waals surface area contributed by atoms with Gasteiger partial charge in [0.2, 0.25) is 0 Å². The third kappa shape index (κ3) is 2.42. The monoisotopic (exact) mass is 212 g/mol. The average molecular weight is 213 g/mol. The summed E-state index contributed by atoms with van der Waals surface area (Å²) in [5.74, 6) is 0.726. The molecule has 14 heavy (non-hydrogen) atoms. The van der Waals surface area contributed by atoms with E-state index in [0.717, 1.165) is 29.0 Å². The Kier molecular flexibility index (Phi) is 3.82. The molecule has 0 amide bonds. The topological polar surface area (TPSA) is 20.2 Å². The van der Waals surface area contributed by atoms with Gasteiger partial charge in [-0.1, -0.05) is 38.8 Å². The average Bonchev–Trinajstić information content (AvgIpc) is 2.10. The van der Waals surface area contributed by atoms with Gasteiger partial charge in [-0.3, -0.25) is 0 Å². The SMILES string of the molecule is CCCc1cc(Cl)c(C(C)C)cc1O. The molecule has 0 radical (unpaired) electrons. The van der Waals surface area contributed by atoms with Crippen molar-refractivity contribution in [3.8, 4) is 5.75 Å². The molecule has 2 heteroatoms. The minimum Gasteiger partial charge on any atom is -0.508 e. The highest BCUT2D eigenvalue weighted by Gasteiger charge is 2.09. The Bertz CT molecular complexity index is 318. The van der Waals surface area contributed by atoms with Crippen molar-refractivity contribution in [1.29, 1.82) is 0 Å². The van der Waals surface area contributed by atoms with Crippen molar-refractivity contribution >= 4 is 11.6 Å². The fourth-order valence-electron chi connectivity index (χ4n) is 1.53. The summed E-state index contributed by atoms with van der Waals surface area (Å²) in [6, 6.07) is 3.67. The van der Waals surface area contributed by atoms with Gasteiger partial charge in [-0.15, -0.1) is 0 Å². The molecular weight excluding hydrogens is 196 g/mol. The van der Waals surface area contributed by atoms with E-state index in [1.165, 1.54) is 0 Å². The first kappa shape index (κ1) is 11.4. The van der Waals surface area contributed by atoms with E-state index in [0.29, 0.717) is 11.7 Å². The molecule has 1 aromatic rings. The number of hydrogen-bond donors (Lipinski definition) is 1. The third-order valence-corrected chi connectivity index (χ3v) is 2.67. The Morgan fingerprint density at radius 2 is 2.00 bits per heavy atom. The van der Waals surface area contributed by atoms with Crippen LogP contribution in [0.15, 0.2) is 12.1 Å². The molecule has 0 bridgehead atoms. The van der Waals surface area contributed by atoms with Crippen LogP contribution in [-0.2, 0) is 6.42 Å². The molecule has 0 aromatic heterocycles. The van der Waals surface area contributed by atoms with Crippen molar-refractivity contribution in [3.05, 3.63) is 28.3 Å². The quantitative estimate of drug-likeness (QED) is 0.799. The van der Waals surface area contributed by atoms with Crippen LogP contribution in [0.25, 0.3) is 0 Å². The maximum absolute atomic E-state index is 9.74. The lowest BCUT2D eigenvalue weighted by Crippen LogP contribution is -1.92. The van der Waals surface area contributed by atoms with Crippen molar-refractivity contribution in [2.75, 3.05) is 0 Å². The largest absolute Gasteiger partial charge is 0.508 e. The molecule has 0 heterocycles. The minimum absolute atomic E-state index is 0.351. The number of benzene rings is 1. The fourth-order valence-corrected chi connectivity index (χ4v) is 1.94. The molecular formula is C12H17ClO. The number of phenols is 1. The Labute approximate surface area is 90.7 Å². The van der Waals surface area contributed by atoms with Crippen molar-refractivity contribution in [2.45, 2.75) is 39.5 Å². The maximum atomic E-state index is 9.74. The van der Waals surface area contributed by atoms with E-state index in [2.05, 4.69) is 20.8 Å². The lowest BCUT2D eigenvalue weighted by Gasteiger charge is -2.11. The molecule has 0 saturated heterocycles. The zero-order valence-corrected chi connectivity index (χ0v) is 9.73. The summed E-state index contributed by atoms with van der Waals surface area (Å²) in [6.07, 6.45) is 1.90. The zero-order valence-electron chi connectivity index (χ0n) is 8.97. The van der Waals surface area contributed by atoms with E-state index in [9.17, 15) is 5.11 Å². The molecule has 0 spiro atoms. The summed E-state index contributed by atoms with van der Waals surface area (Å²) < 4.78 is 0. The maximum Gasteiger partial charge on any atom is 0.119 e. The summed E-state index contributed by atoms with van der Waals surface area (Å²) >= 11 is 6.12. The fraction of sp³-hybridized carbons (Fsp3) is 0.500. The van der Waals surface area contributed by atoms with Crippen LogP contribution in [0.2, 0.25) is 5.02 Å². The van der Waals surface area contributed by atoms with Gasteiger partial charge >= 0.3 is 0 Å². The highest BCUT2D eigenvalue weighted by atomic mass is 35.5. The van der Waals surface area contributed by atoms with E-state index in [-0.39, 0.29) is 0 Å². The van der Waals surface area contributed by atoms with Crippen molar-refractivity contribution in [2.24, 2.45) is 0 Å². The number of phenolic OH excluding ortho intramolecular Hbond substituents is 1. The van der Waals surface area contributed by atoms with E-state index in [4.69, 9.17) is 11.6 Å². The van der Waals surface area contributed by atoms with Crippen LogP contribution in [-0.4, -0.2) is 5.11 Å². The molecule has 0 atom stereocenters. The van der Waals surface area contributed by atoms with E-state index in [1.54, 1.807) is 6.07 Å². The Morgan fingerprint density at radius 3 is 2.50 bits per heavy atom. The zero-order chi connectivity index (χ0) is 10.7. The standard InChI is InChI=1S/C12H17ClO/c1-4-5-9-6-11(13)10(8(2)3)7-12(9)14/h6-8,14H,4-5H2,1-3H3. The van der Waals surface area contributed by atoms with Gasteiger partial charge in [0, 0.05) is 5.02 Å². The lowest BCUT2D eigenvalue weighted by molar-refractivity contribution is 0.466. The van der Waals surface area contributed by atoms with Crippen LogP contribution in [0.5, 0.6) is 5.75 Å². The highest BCUT2D eigenvalue weighted by Crippen LogP contribution is 2.31. The van der Waals surface area contributed by atoms with Crippen LogP contribution in [0.4, 0.5) is 0 Å². The first-order valence-corrected chi connectivity index (χ1v) is 5.45. The molecule has 1 nitrogen and oxygen atoms in total. The lowest BCUT2D eigenvalue weighted by atomic mass is 9.99. The molecule has 0 saturated carbocycles. The van der Waals surface area contributed by atoms with Gasteiger partial charge in [0.05, 0.1) is 0 Å². The summed E-state index contributed by atoms with van der Waals surface area (Å²) in [7, 11) is 0. The predicted octanol–water partition coefficient (Wildman–Crippen LogP) is 4.12. The molecule has 0 aliphatic rings. The smallest absolute Gasteiger partial charge is 0.119 e. The number of aryl methyl sites for hydroxylation is 1. The van der Waals surface area contributed by atoms with Gasteiger partial charge in [-0.25, -0.2) is 0 Å². The van der Waals surface area contributed by atoms with E-state index in [1.807, 2.05) is 6.07 Å². The van der Waals surface area contributed by atoms with Crippen molar-refractivity contribution in [1.82, 2.24) is 0 Å². The van der Waals surface area contributed by atoms with Crippen LogP contribution < -0.4 is 0 Å². The second-order valence-corrected chi connectivity index (χ2v) is 4.31. The molecule has 0 aliphatic carbocycles. The Hall–Kier alpha value is -0.690. The Morgan fingerprint density at radius 1 is 1.36 bits per heavy atom. The van der Waals surface area contributed by atoms with Gasteiger partial charge in [0.15, 0.2) is 0 Å². The van der Waals surface area contributed by atoms with E-state index >= 15 is 0 Å². The molecule has 78 valence electrons. The highest BCUT2D eigenvalue weighted by molar-refractivity contribution is 6.31. The first-order valence-electron chi connectivity index (χ1n) is 5.07. The summed E-state index contributed by atoms with van der Waals surface area (Å²) in [5, 5.41) is 10.5. The number of halogens is 1. The van der Waals surface area contributed by atoms with Gasteiger partial charge in [0.25, 0.3) is 0 Å². The van der Waals surface area contributed by atoms with Crippen molar-refractivity contribution in [3.63, 3.8) is 0 Å². The van der Waals surface area contributed by atoms with Gasteiger partial charge in [-0.2, -0.15) is 0 Å². The third-order valence-electron chi connectivity index (χ3n) is 2.34. The number of hydrogen-bond acceptors (Lipinski definition) is 1. The first-order chi connectivity index (χ1) is 6.56. The molecule has 1 N–H and O–H groups in total. The van der Waals surface area contributed by atoms with E-state index < -0.39 is 0 Å². The number of aromatic hydroxyl groups is 1. The molecule has 1 aromatic carbocycles. The van der Waals surface area contributed by atoms with Crippen LogP contribution in [0.1, 0.15) is 44.2 Å². The molecule has 0 unspecified atom stereocenters. The summed E-state index contributed by atoms with van der Waals surface area (Å²) in [5.41, 5.74) is 1.96. The molecule has 1 rings (SSSR count). The van der Waals surface area contributed by atoms with Gasteiger partial charge in [0.1, 0.15) is 5.75 Å². The van der Waals surface area contributed by atoms with Crippen LogP contribution in [0, 0.1) is 0 Å². The van der Waals surface area contributed by atoms with Gasteiger partial charge < -0.3 is 5.11 Å². The second-order valence-electron chi connectivity index (χ2n) is 3.91. The van der Waals surface area contributed by atoms with Crippen molar-refractivity contribution < 1.29 is 5.11 Å². The van der Waals surface area contributed by atoms with Gasteiger partial charge in [-0.05, 0) is 35.6 Å². The summed E-state index contributed by atoms with van der Waals surface area (Å²) in [6.45, 7) is 6.23. The second kappa shape index (κ2) is 4.70. The molecule has 0 fully saturated rings. The number of rotatable bonds is 3. The van der Waals surface area contributed by atoms with Crippen LogP contribution in [0.3, 0.4) is 0 Å². The Balaban J connectivity index is 3.10. The van der Waals surface area contributed by atoms with Crippen LogP contribution >= 0.6 is 11.6 Å². The summed E-state index contributed by atoms with van der Waals surface area (Å²) in [4.78, 5) is 0. The normalized spacial score (nSPS) is 10.9.